The molecule has 0 atom stereocenters. The summed E-state index contributed by atoms with van der Waals surface area (Å²) in [7, 11) is 4.06. The Morgan fingerprint density at radius 2 is 1.68 bits per heavy atom. The molecule has 4 nitrogen and oxygen atoms in total. The largest absolute Gasteiger partial charge is 0.375 e. The maximum atomic E-state index is 6.30. The molecule has 0 amide bonds. The van der Waals surface area contributed by atoms with E-state index in [1.54, 1.807) is 5.01 Å². The zero-order valence-corrected chi connectivity index (χ0v) is 13.0. The van der Waals surface area contributed by atoms with Gasteiger partial charge in [0, 0.05) is 25.2 Å². The Morgan fingerprint density at radius 3 is 2.36 bits per heavy atom. The summed E-state index contributed by atoms with van der Waals surface area (Å²) in [6.45, 7) is 4.44. The van der Waals surface area contributed by atoms with Crippen molar-refractivity contribution in [2.24, 2.45) is 10.8 Å². The first kappa shape index (κ1) is 14.4. The van der Waals surface area contributed by atoms with Crippen LogP contribution >= 0.6 is 0 Å². The van der Waals surface area contributed by atoms with Crippen LogP contribution in [0.3, 0.4) is 0 Å². The van der Waals surface area contributed by atoms with Crippen molar-refractivity contribution in [2.45, 2.75) is 6.54 Å². The average molecular weight is 292 g/mol. The van der Waals surface area contributed by atoms with E-state index in [1.807, 2.05) is 50.5 Å². The Kier molecular flexibility index (Phi) is 3.69. The molecule has 1 aliphatic heterocycles. The van der Waals surface area contributed by atoms with Gasteiger partial charge in [-0.05, 0) is 18.3 Å². The maximum Gasteiger partial charge on any atom is 0.0955 e. The molecule has 0 bridgehead atoms. The van der Waals surface area contributed by atoms with Gasteiger partial charge >= 0.3 is 0 Å². The van der Waals surface area contributed by atoms with Crippen LogP contribution < -0.4 is 10.9 Å². The summed E-state index contributed by atoms with van der Waals surface area (Å²) in [5, 5.41) is 1.77. The van der Waals surface area contributed by atoms with Gasteiger partial charge < -0.3 is 9.91 Å². The highest BCUT2D eigenvalue weighted by Crippen LogP contribution is 2.37. The molecule has 0 unspecified atom stereocenters. The Bertz CT molecular complexity index is 746. The van der Waals surface area contributed by atoms with Gasteiger partial charge in [-0.15, -0.1) is 0 Å². The number of hydrogen-bond acceptors (Lipinski definition) is 4. The zero-order chi connectivity index (χ0) is 15.7. The number of rotatable bonds is 2. The number of benzene rings is 2. The van der Waals surface area contributed by atoms with Crippen LogP contribution in [0.4, 0.5) is 5.69 Å². The van der Waals surface area contributed by atoms with Gasteiger partial charge in [-0.2, -0.15) is 0 Å². The minimum Gasteiger partial charge on any atom is -0.375 e. The first-order valence-electron chi connectivity index (χ1n) is 7.21. The van der Waals surface area contributed by atoms with Gasteiger partial charge in [0.05, 0.1) is 23.6 Å². The number of fused-ring (bicyclic) bond motifs is 2. The van der Waals surface area contributed by atoms with Crippen molar-refractivity contribution in [3.63, 3.8) is 0 Å². The molecule has 0 radical (unpaired) electrons. The van der Waals surface area contributed by atoms with Crippen LogP contribution in [0.25, 0.3) is 11.4 Å². The molecule has 4 heteroatoms. The molecule has 0 saturated carbocycles. The highest BCUT2D eigenvalue weighted by atomic mass is 15.4. The Morgan fingerprint density at radius 1 is 1.05 bits per heavy atom. The standard InChI is InChI=1S/C18H20N4/c1-20-17-15-10-6-7-11-16(15)22(19)12-13-8-4-5-9-14(13)18(17)21(2)3/h4-11H,1,12,19H2,2-3H3/b18-17-. The van der Waals surface area contributed by atoms with E-state index in [1.165, 1.54) is 5.56 Å². The van der Waals surface area contributed by atoms with E-state index in [0.29, 0.717) is 6.54 Å². The minimum atomic E-state index is 0.648. The van der Waals surface area contributed by atoms with E-state index in [4.69, 9.17) is 5.84 Å². The molecule has 2 aromatic carbocycles. The van der Waals surface area contributed by atoms with E-state index in [2.05, 4.69) is 28.7 Å². The van der Waals surface area contributed by atoms with Crippen molar-refractivity contribution in [1.82, 2.24) is 4.90 Å². The first-order chi connectivity index (χ1) is 10.6. The quantitative estimate of drug-likeness (QED) is 0.683. The Hall–Kier alpha value is -2.59. The van der Waals surface area contributed by atoms with E-state index < -0.39 is 0 Å². The summed E-state index contributed by atoms with van der Waals surface area (Å²) in [5.74, 6) is 6.30. The van der Waals surface area contributed by atoms with Crippen molar-refractivity contribution < 1.29 is 0 Å². The number of aliphatic imine (C=N–C) groups is 1. The first-order valence-corrected chi connectivity index (χ1v) is 7.21. The summed E-state index contributed by atoms with van der Waals surface area (Å²) in [4.78, 5) is 6.42. The molecular formula is C18H20N4. The summed E-state index contributed by atoms with van der Waals surface area (Å²) < 4.78 is 0. The fraction of sp³-hybridized carbons (Fsp3) is 0.167. The maximum absolute atomic E-state index is 6.30. The highest BCUT2D eigenvalue weighted by Gasteiger charge is 2.22. The zero-order valence-electron chi connectivity index (χ0n) is 13.0. The molecule has 0 aliphatic carbocycles. The Labute approximate surface area is 131 Å². The molecular weight excluding hydrogens is 272 g/mol. The van der Waals surface area contributed by atoms with Crippen LogP contribution in [0.1, 0.15) is 16.7 Å². The summed E-state index contributed by atoms with van der Waals surface area (Å²) in [6, 6.07) is 16.3. The lowest BCUT2D eigenvalue weighted by Crippen LogP contribution is -2.32. The lowest BCUT2D eigenvalue weighted by Gasteiger charge is -2.30. The SMILES string of the molecule is C=N/C1=C(\N(C)C)c2ccccc2CN(N)c2ccccc21. The third kappa shape index (κ3) is 2.27. The summed E-state index contributed by atoms with van der Waals surface area (Å²) in [6.07, 6.45) is 0. The molecule has 0 aromatic heterocycles. The average Bonchev–Trinajstić information content (AvgIpc) is 2.52. The molecule has 2 aromatic rings. The summed E-state index contributed by atoms with van der Waals surface area (Å²) >= 11 is 0. The molecule has 2 N–H and O–H groups in total. The molecule has 0 fully saturated rings. The molecule has 3 rings (SSSR count). The Balaban J connectivity index is 2.41. The van der Waals surface area contributed by atoms with Crippen LogP contribution in [0, 0.1) is 0 Å². The van der Waals surface area contributed by atoms with E-state index in [-0.39, 0.29) is 0 Å². The predicted octanol–water partition coefficient (Wildman–Crippen LogP) is 2.97. The van der Waals surface area contributed by atoms with Crippen molar-refractivity contribution in [3.05, 3.63) is 65.2 Å². The van der Waals surface area contributed by atoms with Crippen LogP contribution in [-0.4, -0.2) is 25.7 Å². The number of nitrogens with two attached hydrogens (primary N) is 1. The van der Waals surface area contributed by atoms with Gasteiger partial charge in [0.1, 0.15) is 0 Å². The van der Waals surface area contributed by atoms with Gasteiger partial charge in [0.15, 0.2) is 0 Å². The minimum absolute atomic E-state index is 0.648. The van der Waals surface area contributed by atoms with E-state index >= 15 is 0 Å². The van der Waals surface area contributed by atoms with Crippen molar-refractivity contribution in [1.29, 1.82) is 0 Å². The second kappa shape index (κ2) is 5.66. The second-order valence-electron chi connectivity index (χ2n) is 5.55. The number of hydrazine groups is 1. The van der Waals surface area contributed by atoms with E-state index in [9.17, 15) is 0 Å². The predicted molar refractivity (Wildman–Crippen MR) is 93.3 cm³/mol. The van der Waals surface area contributed by atoms with Gasteiger partial charge in [-0.25, -0.2) is 5.84 Å². The van der Waals surface area contributed by atoms with Gasteiger partial charge in [-0.3, -0.25) is 4.99 Å². The van der Waals surface area contributed by atoms with Gasteiger partial charge in [0.2, 0.25) is 0 Å². The van der Waals surface area contributed by atoms with Gasteiger partial charge in [-0.1, -0.05) is 42.5 Å². The number of nitrogens with zero attached hydrogens (tertiary/aromatic N) is 3. The third-order valence-electron chi connectivity index (χ3n) is 3.91. The molecule has 1 aliphatic rings. The molecule has 0 spiro atoms. The van der Waals surface area contributed by atoms with Crippen LogP contribution in [0.15, 0.2) is 53.5 Å². The topological polar surface area (TPSA) is 44.9 Å². The van der Waals surface area contributed by atoms with Crippen molar-refractivity contribution in [2.75, 3.05) is 19.1 Å². The third-order valence-corrected chi connectivity index (χ3v) is 3.91. The normalized spacial score (nSPS) is 17.1. The molecule has 112 valence electrons. The molecule has 1 heterocycles. The second-order valence-corrected chi connectivity index (χ2v) is 5.55. The van der Waals surface area contributed by atoms with Crippen LogP contribution in [0.2, 0.25) is 0 Å². The molecule has 0 saturated heterocycles. The van der Waals surface area contributed by atoms with Crippen molar-refractivity contribution in [3.8, 4) is 0 Å². The van der Waals surface area contributed by atoms with Crippen molar-refractivity contribution >= 4 is 23.8 Å². The van der Waals surface area contributed by atoms with Gasteiger partial charge in [0.25, 0.3) is 0 Å². The smallest absolute Gasteiger partial charge is 0.0955 e. The number of anilines is 1. The monoisotopic (exact) mass is 292 g/mol. The lowest BCUT2D eigenvalue weighted by atomic mass is 9.96. The highest BCUT2D eigenvalue weighted by molar-refractivity contribution is 5.95. The fourth-order valence-electron chi connectivity index (χ4n) is 2.95. The van der Waals surface area contributed by atoms with Crippen LogP contribution in [-0.2, 0) is 6.54 Å². The molecule has 22 heavy (non-hydrogen) atoms. The van der Waals surface area contributed by atoms with E-state index in [0.717, 1.165) is 28.2 Å². The summed E-state index contributed by atoms with van der Waals surface area (Å²) in [5.41, 5.74) is 6.18. The lowest BCUT2D eigenvalue weighted by molar-refractivity contribution is 0.591. The van der Waals surface area contributed by atoms with Crippen LogP contribution in [0.5, 0.6) is 0 Å². The number of para-hydroxylation sites is 1. The fourth-order valence-corrected chi connectivity index (χ4v) is 2.95. The number of hydrogen-bond donors (Lipinski definition) is 1.